The smallest absolute Gasteiger partial charge is 0.385 e. The molecule has 174 valence electrons. The van der Waals surface area contributed by atoms with Gasteiger partial charge in [0.25, 0.3) is 17.9 Å². The second-order valence-corrected chi connectivity index (χ2v) is 6.83. The molecular formula is C21H15F6N3O3. The van der Waals surface area contributed by atoms with Crippen LogP contribution in [0.15, 0.2) is 59.4 Å². The van der Waals surface area contributed by atoms with E-state index in [0.717, 1.165) is 42.5 Å². The third-order valence-corrected chi connectivity index (χ3v) is 4.48. The van der Waals surface area contributed by atoms with Gasteiger partial charge in [0.1, 0.15) is 17.5 Å². The van der Waals surface area contributed by atoms with Gasteiger partial charge in [0.05, 0.1) is 16.9 Å². The molecule has 0 fully saturated rings. The molecule has 6 nitrogen and oxygen atoms in total. The minimum atomic E-state index is -4.59. The number of aliphatic hydroxyl groups is 1. The molecule has 0 saturated carbocycles. The van der Waals surface area contributed by atoms with Crippen LogP contribution in [0.2, 0.25) is 0 Å². The van der Waals surface area contributed by atoms with Crippen molar-refractivity contribution in [2.24, 2.45) is 0 Å². The van der Waals surface area contributed by atoms with E-state index in [0.29, 0.717) is 4.68 Å². The lowest BCUT2D eigenvalue weighted by Crippen LogP contribution is -2.39. The van der Waals surface area contributed by atoms with Crippen molar-refractivity contribution in [3.8, 4) is 16.9 Å². The lowest BCUT2D eigenvalue weighted by atomic mass is 10.1. The number of rotatable bonds is 6. The molecule has 33 heavy (non-hydrogen) atoms. The maximum atomic E-state index is 13.7. The maximum Gasteiger partial charge on any atom is 0.416 e. The van der Waals surface area contributed by atoms with Crippen LogP contribution in [-0.2, 0) is 6.18 Å². The molecule has 0 radical (unpaired) electrons. The average molecular weight is 471 g/mol. The largest absolute Gasteiger partial charge is 0.416 e. The Morgan fingerprint density at radius 3 is 2.33 bits per heavy atom. The fraction of sp³-hybridized carbons (Fsp3) is 0.190. The van der Waals surface area contributed by atoms with Crippen LogP contribution in [0.25, 0.3) is 16.9 Å². The molecule has 1 unspecified atom stereocenters. The molecule has 2 aromatic carbocycles. The first-order valence-electron chi connectivity index (χ1n) is 9.29. The number of amides is 1. The van der Waals surface area contributed by atoms with Crippen molar-refractivity contribution in [1.29, 1.82) is 0 Å². The zero-order valence-corrected chi connectivity index (χ0v) is 16.5. The monoisotopic (exact) mass is 471 g/mol. The Bertz CT molecular complexity index is 1210. The van der Waals surface area contributed by atoms with Crippen molar-refractivity contribution in [3.63, 3.8) is 0 Å². The molecule has 0 spiro atoms. The highest BCUT2D eigenvalue weighted by Crippen LogP contribution is 2.30. The van der Waals surface area contributed by atoms with Crippen molar-refractivity contribution in [1.82, 2.24) is 15.1 Å². The highest BCUT2D eigenvalue weighted by Gasteiger charge is 2.30. The molecule has 1 atom stereocenters. The minimum absolute atomic E-state index is 0.0876. The highest BCUT2D eigenvalue weighted by atomic mass is 19.4. The number of nitrogens with one attached hydrogen (secondary N) is 1. The fourth-order valence-corrected chi connectivity index (χ4v) is 2.79. The van der Waals surface area contributed by atoms with Gasteiger partial charge in [-0.25, -0.2) is 13.2 Å². The molecule has 2 N–H and O–H groups in total. The van der Waals surface area contributed by atoms with E-state index in [2.05, 4.69) is 5.10 Å². The Morgan fingerprint density at radius 2 is 1.76 bits per heavy atom. The number of alkyl halides is 5. The average Bonchev–Trinajstić information content (AvgIpc) is 2.76. The van der Waals surface area contributed by atoms with Crippen molar-refractivity contribution in [3.05, 3.63) is 81.9 Å². The van der Waals surface area contributed by atoms with Crippen LogP contribution in [-0.4, -0.2) is 39.9 Å². The summed E-state index contributed by atoms with van der Waals surface area (Å²) in [5.74, 6) is -1.87. The molecule has 0 saturated heterocycles. The van der Waals surface area contributed by atoms with Crippen LogP contribution in [0, 0.1) is 5.82 Å². The number of hydrogen-bond donors (Lipinski definition) is 2. The van der Waals surface area contributed by atoms with Gasteiger partial charge in [-0.2, -0.15) is 23.0 Å². The number of benzene rings is 2. The van der Waals surface area contributed by atoms with E-state index >= 15 is 0 Å². The summed E-state index contributed by atoms with van der Waals surface area (Å²) in [5, 5.41) is 15.2. The van der Waals surface area contributed by atoms with E-state index in [1.165, 1.54) is 12.1 Å². The van der Waals surface area contributed by atoms with Gasteiger partial charge in [-0.3, -0.25) is 9.59 Å². The summed E-state index contributed by atoms with van der Waals surface area (Å²) in [6, 6.07) is 9.23. The molecule has 12 heteroatoms. The van der Waals surface area contributed by atoms with Crippen molar-refractivity contribution >= 4 is 5.91 Å². The summed E-state index contributed by atoms with van der Waals surface area (Å²) in [5.41, 5.74) is -2.70. The minimum Gasteiger partial charge on any atom is -0.385 e. The zero-order valence-electron chi connectivity index (χ0n) is 16.5. The van der Waals surface area contributed by atoms with Gasteiger partial charge >= 0.3 is 6.18 Å². The molecule has 1 aromatic heterocycles. The van der Waals surface area contributed by atoms with E-state index in [4.69, 9.17) is 0 Å². The number of aliphatic hydroxyl groups excluding tert-OH is 1. The number of carbonyl (C=O) groups is 1. The van der Waals surface area contributed by atoms with Crippen LogP contribution in [0.5, 0.6) is 0 Å². The number of nitrogens with zero attached hydrogens (tertiary/aromatic N) is 2. The lowest BCUT2D eigenvalue weighted by Gasteiger charge is -2.13. The molecule has 0 aliphatic rings. The van der Waals surface area contributed by atoms with Gasteiger partial charge in [-0.15, -0.1) is 0 Å². The Morgan fingerprint density at radius 1 is 1.09 bits per heavy atom. The molecule has 0 aliphatic heterocycles. The molecule has 3 rings (SSSR count). The van der Waals surface area contributed by atoms with Crippen LogP contribution in [0.3, 0.4) is 0 Å². The van der Waals surface area contributed by atoms with E-state index in [-0.39, 0.29) is 16.9 Å². The first kappa shape index (κ1) is 24.0. The lowest BCUT2D eigenvalue weighted by molar-refractivity contribution is -0.137. The van der Waals surface area contributed by atoms with Gasteiger partial charge in [-0.05, 0) is 36.4 Å². The molecule has 0 aliphatic carbocycles. The van der Waals surface area contributed by atoms with Crippen LogP contribution in [0.4, 0.5) is 26.3 Å². The van der Waals surface area contributed by atoms with Crippen LogP contribution in [0.1, 0.15) is 15.9 Å². The summed E-state index contributed by atoms with van der Waals surface area (Å²) >= 11 is 0. The molecule has 1 amide bonds. The summed E-state index contributed by atoms with van der Waals surface area (Å²) in [4.78, 5) is 25.3. The Kier molecular flexibility index (Phi) is 6.86. The van der Waals surface area contributed by atoms with Crippen molar-refractivity contribution in [2.45, 2.75) is 18.7 Å². The van der Waals surface area contributed by atoms with Gasteiger partial charge < -0.3 is 10.4 Å². The number of aromatic nitrogens is 2. The predicted molar refractivity (Wildman–Crippen MR) is 105 cm³/mol. The van der Waals surface area contributed by atoms with E-state index < -0.39 is 53.7 Å². The second kappa shape index (κ2) is 9.45. The molecule has 0 bridgehead atoms. The third-order valence-electron chi connectivity index (χ3n) is 4.48. The Labute approximate surface area is 182 Å². The zero-order chi connectivity index (χ0) is 24.3. The summed E-state index contributed by atoms with van der Waals surface area (Å²) in [7, 11) is 0. The van der Waals surface area contributed by atoms with Gasteiger partial charge in [0.2, 0.25) is 0 Å². The van der Waals surface area contributed by atoms with Crippen LogP contribution >= 0.6 is 0 Å². The molecule has 3 aromatic rings. The first-order chi connectivity index (χ1) is 15.5. The SMILES string of the molecule is O=C(NCC(O)C(F)F)c1cc(-c2ccc(C(F)(F)F)cc2)nn(-c2cccc(F)c2)c1=O. The summed E-state index contributed by atoms with van der Waals surface area (Å²) in [6.07, 6.45) is -9.92. The Hall–Kier alpha value is -3.67. The van der Waals surface area contributed by atoms with Gasteiger partial charge in [0.15, 0.2) is 0 Å². The number of carbonyl (C=O) groups excluding carboxylic acids is 1. The van der Waals surface area contributed by atoms with Crippen LogP contribution < -0.4 is 10.9 Å². The first-order valence-corrected chi connectivity index (χ1v) is 9.29. The molecule has 1 heterocycles. The summed E-state index contributed by atoms with van der Waals surface area (Å²) in [6.45, 7) is -0.867. The highest BCUT2D eigenvalue weighted by molar-refractivity contribution is 5.94. The number of hydrogen-bond acceptors (Lipinski definition) is 4. The van der Waals surface area contributed by atoms with Crippen molar-refractivity contribution in [2.75, 3.05) is 6.54 Å². The maximum absolute atomic E-state index is 13.7. The second-order valence-electron chi connectivity index (χ2n) is 6.83. The summed E-state index contributed by atoms with van der Waals surface area (Å²) < 4.78 is 77.9. The topological polar surface area (TPSA) is 84.2 Å². The Balaban J connectivity index is 2.10. The predicted octanol–water partition coefficient (Wildman–Crippen LogP) is 3.41. The number of halogens is 6. The standard InChI is InChI=1S/C21H15F6N3O3/c22-13-2-1-3-14(8-13)30-20(33)15(19(32)28-10-17(31)18(23)24)9-16(29-30)11-4-6-12(7-5-11)21(25,26)27/h1-9,17-18,31H,10H2,(H,28,32). The molecular weight excluding hydrogens is 456 g/mol. The quantitative estimate of drug-likeness (QED) is 0.540. The van der Waals surface area contributed by atoms with E-state index in [9.17, 15) is 41.0 Å². The van der Waals surface area contributed by atoms with Crippen molar-refractivity contribution < 1.29 is 36.2 Å². The third kappa shape index (κ3) is 5.58. The van der Waals surface area contributed by atoms with Gasteiger partial charge in [-0.1, -0.05) is 18.2 Å². The normalized spacial score (nSPS) is 12.6. The van der Waals surface area contributed by atoms with Gasteiger partial charge in [0, 0.05) is 12.1 Å². The van der Waals surface area contributed by atoms with E-state index in [1.807, 2.05) is 5.32 Å². The van der Waals surface area contributed by atoms with E-state index in [1.54, 1.807) is 0 Å². The fourth-order valence-electron chi connectivity index (χ4n) is 2.79.